The molecule has 0 amide bonds. The van der Waals surface area contributed by atoms with Crippen molar-refractivity contribution in [1.82, 2.24) is 15.8 Å². The number of halogens is 4. The Morgan fingerprint density at radius 1 is 1.23 bits per heavy atom. The summed E-state index contributed by atoms with van der Waals surface area (Å²) in [6, 6.07) is 7.96. The van der Waals surface area contributed by atoms with Crippen LogP contribution in [0.3, 0.4) is 0 Å². The fourth-order valence-corrected chi connectivity index (χ4v) is 2.81. The van der Waals surface area contributed by atoms with Crippen molar-refractivity contribution in [2.45, 2.75) is 11.1 Å². The summed E-state index contributed by atoms with van der Waals surface area (Å²) in [5, 5.41) is -0.352. The number of benzene rings is 1. The highest BCUT2D eigenvalue weighted by atomic mass is 35.5. The van der Waals surface area contributed by atoms with Crippen LogP contribution in [0.25, 0.3) is 0 Å². The molecular formula is C13H12ClF3N6O2S. The Balaban J connectivity index is 2.17. The summed E-state index contributed by atoms with van der Waals surface area (Å²) < 4.78 is 65.4. The molecule has 0 fully saturated rings. The van der Waals surface area contributed by atoms with Gasteiger partial charge in [-0.15, -0.1) is 4.40 Å². The van der Waals surface area contributed by atoms with E-state index in [1.807, 2.05) is 5.43 Å². The van der Waals surface area contributed by atoms with Crippen molar-refractivity contribution in [1.29, 1.82) is 0 Å². The third-order valence-corrected chi connectivity index (χ3v) is 4.44. The summed E-state index contributed by atoms with van der Waals surface area (Å²) in [6.45, 7) is 0. The minimum Gasteiger partial charge on any atom is -0.292 e. The SMILES string of the molecule is NN/C(=N\S(=O)(=O)c1ccccc1)NNc1ncc(C(F)(F)F)cc1Cl. The summed E-state index contributed by atoms with van der Waals surface area (Å²) in [4.78, 5) is 3.42. The van der Waals surface area contributed by atoms with E-state index in [0.29, 0.717) is 12.3 Å². The molecular weight excluding hydrogens is 397 g/mol. The molecule has 26 heavy (non-hydrogen) atoms. The molecule has 140 valence electrons. The number of hydrogen-bond donors (Lipinski definition) is 4. The van der Waals surface area contributed by atoms with E-state index in [-0.39, 0.29) is 15.7 Å². The molecule has 0 aliphatic heterocycles. The number of rotatable bonds is 4. The zero-order valence-electron chi connectivity index (χ0n) is 12.7. The van der Waals surface area contributed by atoms with Crippen LogP contribution < -0.4 is 22.1 Å². The Kier molecular flexibility index (Phi) is 5.90. The number of nitrogens with two attached hydrogens (primary N) is 1. The predicted molar refractivity (Wildman–Crippen MR) is 89.4 cm³/mol. The lowest BCUT2D eigenvalue weighted by Gasteiger charge is -2.13. The molecule has 0 radical (unpaired) electrons. The standard InChI is InChI=1S/C13H12ClF3N6O2S/c14-10-6-8(13(15,16)17)7-19-11(10)21-22-12(20-18)23-26(24,25)9-4-2-1-3-5-9/h1-7H,18H2,(H,19,21)(H2,20,22,23). The number of nitrogens with one attached hydrogen (secondary N) is 3. The van der Waals surface area contributed by atoms with Gasteiger partial charge in [0.1, 0.15) is 0 Å². The Morgan fingerprint density at radius 3 is 2.42 bits per heavy atom. The van der Waals surface area contributed by atoms with E-state index >= 15 is 0 Å². The van der Waals surface area contributed by atoms with Gasteiger partial charge in [-0.3, -0.25) is 16.3 Å². The minimum atomic E-state index is -4.60. The van der Waals surface area contributed by atoms with Crippen LogP contribution in [0, 0.1) is 0 Å². The lowest BCUT2D eigenvalue weighted by molar-refractivity contribution is -0.137. The number of sulfonamides is 1. The quantitative estimate of drug-likeness (QED) is 0.264. The molecule has 13 heteroatoms. The molecule has 0 spiro atoms. The average molecular weight is 409 g/mol. The highest BCUT2D eigenvalue weighted by Gasteiger charge is 2.31. The second kappa shape index (κ2) is 7.76. The van der Waals surface area contributed by atoms with Gasteiger partial charge < -0.3 is 0 Å². The van der Waals surface area contributed by atoms with E-state index in [1.54, 1.807) is 6.07 Å². The van der Waals surface area contributed by atoms with Crippen LogP contribution >= 0.6 is 11.6 Å². The number of hydrogen-bond acceptors (Lipinski definition) is 5. The first-order valence-electron chi connectivity index (χ1n) is 6.75. The van der Waals surface area contributed by atoms with Gasteiger partial charge in [-0.25, -0.2) is 10.8 Å². The zero-order valence-corrected chi connectivity index (χ0v) is 14.3. The molecule has 2 aromatic rings. The van der Waals surface area contributed by atoms with Crippen LogP contribution in [0.4, 0.5) is 19.0 Å². The first-order valence-corrected chi connectivity index (χ1v) is 8.56. The molecule has 1 aromatic heterocycles. The molecule has 0 aliphatic carbocycles. The van der Waals surface area contributed by atoms with Gasteiger partial charge in [0.15, 0.2) is 5.82 Å². The second-order valence-electron chi connectivity index (χ2n) is 4.67. The lowest BCUT2D eigenvalue weighted by Crippen LogP contribution is -2.44. The first kappa shape index (κ1) is 19.8. The number of aromatic nitrogens is 1. The molecule has 0 bridgehead atoms. The summed E-state index contributed by atoms with van der Waals surface area (Å²) in [5.41, 5.74) is 5.55. The molecule has 2 rings (SSSR count). The topological polar surface area (TPSA) is 121 Å². The van der Waals surface area contributed by atoms with E-state index in [4.69, 9.17) is 17.4 Å². The maximum absolute atomic E-state index is 12.6. The van der Waals surface area contributed by atoms with Gasteiger partial charge in [-0.2, -0.15) is 21.6 Å². The predicted octanol–water partition coefficient (Wildman–Crippen LogP) is 1.88. The summed E-state index contributed by atoms with van der Waals surface area (Å²) in [7, 11) is -4.07. The number of alkyl halides is 3. The summed E-state index contributed by atoms with van der Waals surface area (Å²) in [5.74, 6) is 4.56. The van der Waals surface area contributed by atoms with Gasteiger partial charge in [-0.05, 0) is 18.2 Å². The molecule has 1 aromatic carbocycles. The zero-order chi connectivity index (χ0) is 19.4. The Labute approximate surface area is 151 Å². The van der Waals surface area contributed by atoms with Crippen LogP contribution in [0.15, 0.2) is 51.9 Å². The molecule has 0 atom stereocenters. The van der Waals surface area contributed by atoms with Crippen molar-refractivity contribution in [2.24, 2.45) is 10.2 Å². The Hall–Kier alpha value is -2.57. The van der Waals surface area contributed by atoms with Gasteiger partial charge in [0, 0.05) is 6.20 Å². The number of pyridine rings is 1. The van der Waals surface area contributed by atoms with Crippen LogP contribution in [-0.2, 0) is 16.2 Å². The fourth-order valence-electron chi connectivity index (χ4n) is 1.65. The van der Waals surface area contributed by atoms with Crippen molar-refractivity contribution >= 4 is 33.4 Å². The van der Waals surface area contributed by atoms with Crippen LogP contribution in [0.2, 0.25) is 5.02 Å². The third-order valence-electron chi connectivity index (χ3n) is 2.86. The molecule has 0 unspecified atom stereocenters. The van der Waals surface area contributed by atoms with Gasteiger partial charge in [0.05, 0.1) is 15.5 Å². The lowest BCUT2D eigenvalue weighted by atomic mass is 10.3. The van der Waals surface area contributed by atoms with Gasteiger partial charge in [0.25, 0.3) is 10.0 Å². The highest BCUT2D eigenvalue weighted by molar-refractivity contribution is 7.90. The van der Waals surface area contributed by atoms with Crippen molar-refractivity contribution in [3.05, 3.63) is 53.2 Å². The normalized spacial score (nSPS) is 12.6. The number of nitrogens with zero attached hydrogens (tertiary/aromatic N) is 2. The second-order valence-corrected chi connectivity index (χ2v) is 6.69. The highest BCUT2D eigenvalue weighted by Crippen LogP contribution is 2.32. The maximum Gasteiger partial charge on any atom is 0.417 e. The van der Waals surface area contributed by atoms with E-state index in [1.165, 1.54) is 24.3 Å². The van der Waals surface area contributed by atoms with Gasteiger partial charge in [0.2, 0.25) is 5.96 Å². The Bertz CT molecular complexity index is 906. The summed E-state index contributed by atoms with van der Waals surface area (Å²) in [6.07, 6.45) is -4.04. The van der Waals surface area contributed by atoms with Gasteiger partial charge in [-0.1, -0.05) is 29.8 Å². The molecule has 8 nitrogen and oxygen atoms in total. The molecule has 0 saturated carbocycles. The first-order chi connectivity index (χ1) is 12.1. The molecule has 5 N–H and O–H groups in total. The van der Waals surface area contributed by atoms with E-state index < -0.39 is 27.7 Å². The number of guanidine groups is 1. The third kappa shape index (κ3) is 4.97. The molecule has 0 aliphatic rings. The van der Waals surface area contributed by atoms with E-state index in [0.717, 1.165) is 0 Å². The smallest absolute Gasteiger partial charge is 0.292 e. The van der Waals surface area contributed by atoms with Crippen molar-refractivity contribution < 1.29 is 21.6 Å². The monoisotopic (exact) mass is 408 g/mol. The fraction of sp³-hybridized carbons (Fsp3) is 0.0769. The number of hydrazine groups is 2. The van der Waals surface area contributed by atoms with Crippen molar-refractivity contribution in [3.63, 3.8) is 0 Å². The largest absolute Gasteiger partial charge is 0.417 e. The maximum atomic E-state index is 12.6. The van der Waals surface area contributed by atoms with Crippen molar-refractivity contribution in [3.8, 4) is 0 Å². The van der Waals surface area contributed by atoms with Crippen LogP contribution in [0.5, 0.6) is 0 Å². The van der Waals surface area contributed by atoms with Crippen LogP contribution in [0.1, 0.15) is 5.56 Å². The molecule has 0 saturated heterocycles. The molecule has 1 heterocycles. The van der Waals surface area contributed by atoms with Gasteiger partial charge >= 0.3 is 6.18 Å². The summed E-state index contributed by atoms with van der Waals surface area (Å²) >= 11 is 5.72. The van der Waals surface area contributed by atoms with E-state index in [2.05, 4.69) is 20.2 Å². The number of anilines is 1. The Morgan fingerprint density at radius 2 is 1.88 bits per heavy atom. The average Bonchev–Trinajstić information content (AvgIpc) is 2.59. The van der Waals surface area contributed by atoms with E-state index in [9.17, 15) is 21.6 Å². The van der Waals surface area contributed by atoms with Crippen molar-refractivity contribution in [2.75, 3.05) is 5.43 Å². The van der Waals surface area contributed by atoms with Crippen LogP contribution in [-0.4, -0.2) is 19.4 Å². The minimum absolute atomic E-state index is 0.0831.